The van der Waals surface area contributed by atoms with Crippen LogP contribution in [0.5, 0.6) is 0 Å². The Morgan fingerprint density at radius 2 is 1.95 bits per heavy atom. The van der Waals surface area contributed by atoms with Gasteiger partial charge in [-0.2, -0.15) is 0 Å². The third-order valence-corrected chi connectivity index (χ3v) is 2.48. The minimum absolute atomic E-state index is 0.0128. The fraction of sp³-hybridized carbons (Fsp3) is 0.417. The van der Waals surface area contributed by atoms with Crippen molar-refractivity contribution in [2.75, 3.05) is 11.9 Å². The predicted octanol–water partition coefficient (Wildman–Crippen LogP) is 0.859. The first kappa shape index (κ1) is 15.1. The Bertz CT molecular complexity index is 445. The normalized spacial score (nSPS) is 13.6. The number of nitro benzene ring substituents is 1. The molecule has 0 heterocycles. The van der Waals surface area contributed by atoms with Gasteiger partial charge in [-0.15, -0.1) is 0 Å². The summed E-state index contributed by atoms with van der Waals surface area (Å²) in [5.74, 6) is -0.213. The second-order valence-electron chi connectivity index (χ2n) is 4.40. The van der Waals surface area contributed by atoms with Crippen molar-refractivity contribution in [3.8, 4) is 0 Å². The Morgan fingerprint density at radius 3 is 2.42 bits per heavy atom. The highest BCUT2D eigenvalue weighted by Gasteiger charge is 2.13. The zero-order chi connectivity index (χ0) is 14.4. The van der Waals surface area contributed by atoms with E-state index in [4.69, 9.17) is 5.73 Å². The number of non-ortho nitro benzene ring substituents is 1. The van der Waals surface area contributed by atoms with Crippen LogP contribution in [0.15, 0.2) is 24.3 Å². The van der Waals surface area contributed by atoms with E-state index in [2.05, 4.69) is 10.6 Å². The molecule has 2 atom stereocenters. The molecule has 19 heavy (non-hydrogen) atoms. The molecule has 0 aliphatic heterocycles. The summed E-state index contributed by atoms with van der Waals surface area (Å²) in [5, 5.41) is 16.1. The van der Waals surface area contributed by atoms with E-state index in [0.29, 0.717) is 12.2 Å². The summed E-state index contributed by atoms with van der Waals surface area (Å²) < 4.78 is 0. The van der Waals surface area contributed by atoms with Crippen molar-refractivity contribution in [1.82, 2.24) is 5.32 Å². The summed E-state index contributed by atoms with van der Waals surface area (Å²) in [6.45, 7) is 4.10. The molecular weight excluding hydrogens is 248 g/mol. The molecule has 0 aliphatic rings. The second-order valence-corrected chi connectivity index (χ2v) is 4.40. The van der Waals surface area contributed by atoms with Crippen LogP contribution in [0.3, 0.4) is 0 Å². The average molecular weight is 266 g/mol. The molecule has 1 amide bonds. The van der Waals surface area contributed by atoms with Gasteiger partial charge in [0.25, 0.3) is 5.69 Å². The molecule has 7 heteroatoms. The van der Waals surface area contributed by atoms with Crippen LogP contribution in [-0.2, 0) is 4.79 Å². The number of nitrogens with two attached hydrogens (primary N) is 1. The summed E-state index contributed by atoms with van der Waals surface area (Å²) in [6.07, 6.45) is 0. The van der Waals surface area contributed by atoms with Crippen LogP contribution in [-0.4, -0.2) is 29.5 Å². The first-order valence-electron chi connectivity index (χ1n) is 5.94. The van der Waals surface area contributed by atoms with Gasteiger partial charge in [0.15, 0.2) is 0 Å². The highest BCUT2D eigenvalue weighted by Crippen LogP contribution is 2.15. The number of anilines is 1. The van der Waals surface area contributed by atoms with Gasteiger partial charge in [0.2, 0.25) is 5.91 Å². The molecule has 0 aliphatic carbocycles. The molecule has 0 saturated heterocycles. The topological polar surface area (TPSA) is 110 Å². The van der Waals surface area contributed by atoms with Crippen molar-refractivity contribution in [3.63, 3.8) is 0 Å². The van der Waals surface area contributed by atoms with Gasteiger partial charge < -0.3 is 16.4 Å². The lowest BCUT2D eigenvalue weighted by Crippen LogP contribution is -2.43. The van der Waals surface area contributed by atoms with Crippen molar-refractivity contribution >= 4 is 17.3 Å². The molecule has 0 radical (unpaired) electrons. The van der Waals surface area contributed by atoms with Crippen molar-refractivity contribution in [3.05, 3.63) is 34.4 Å². The van der Waals surface area contributed by atoms with Gasteiger partial charge in [0.05, 0.1) is 11.0 Å². The van der Waals surface area contributed by atoms with Crippen LogP contribution in [0.1, 0.15) is 13.8 Å². The molecule has 1 rings (SSSR count). The third-order valence-electron chi connectivity index (χ3n) is 2.48. The summed E-state index contributed by atoms with van der Waals surface area (Å²) in [4.78, 5) is 21.8. The summed E-state index contributed by atoms with van der Waals surface area (Å²) in [7, 11) is 0. The van der Waals surface area contributed by atoms with Gasteiger partial charge >= 0.3 is 0 Å². The van der Waals surface area contributed by atoms with E-state index in [-0.39, 0.29) is 23.7 Å². The average Bonchev–Trinajstić information content (AvgIpc) is 2.36. The molecule has 0 unspecified atom stereocenters. The van der Waals surface area contributed by atoms with E-state index in [1.165, 1.54) is 24.3 Å². The minimum atomic E-state index is -0.488. The van der Waals surface area contributed by atoms with E-state index in [9.17, 15) is 14.9 Å². The molecule has 0 fully saturated rings. The van der Waals surface area contributed by atoms with Gasteiger partial charge in [-0.3, -0.25) is 14.9 Å². The Balaban J connectivity index is 2.54. The fourth-order valence-corrected chi connectivity index (χ4v) is 1.37. The van der Waals surface area contributed by atoms with Crippen LogP contribution in [0.2, 0.25) is 0 Å². The van der Waals surface area contributed by atoms with Crippen LogP contribution >= 0.6 is 0 Å². The van der Waals surface area contributed by atoms with Crippen LogP contribution in [0, 0.1) is 10.1 Å². The highest BCUT2D eigenvalue weighted by molar-refractivity contribution is 5.94. The number of nitro groups is 1. The minimum Gasteiger partial charge on any atom is -0.327 e. The lowest BCUT2D eigenvalue weighted by Gasteiger charge is -2.15. The predicted molar refractivity (Wildman–Crippen MR) is 72.8 cm³/mol. The lowest BCUT2D eigenvalue weighted by atomic mass is 10.2. The quantitative estimate of drug-likeness (QED) is 0.522. The molecule has 0 saturated carbocycles. The number of hydrogen-bond donors (Lipinski definition) is 3. The largest absolute Gasteiger partial charge is 0.327 e. The number of nitrogens with zero attached hydrogens (tertiary/aromatic N) is 1. The molecule has 4 N–H and O–H groups in total. The van der Waals surface area contributed by atoms with E-state index < -0.39 is 4.92 Å². The van der Waals surface area contributed by atoms with Gasteiger partial charge in [-0.25, -0.2) is 0 Å². The van der Waals surface area contributed by atoms with Crippen molar-refractivity contribution in [2.24, 2.45) is 5.73 Å². The maximum absolute atomic E-state index is 11.8. The number of nitrogens with one attached hydrogen (secondary N) is 2. The van der Waals surface area contributed by atoms with E-state index in [1.807, 2.05) is 6.92 Å². The van der Waals surface area contributed by atoms with E-state index >= 15 is 0 Å². The van der Waals surface area contributed by atoms with Gasteiger partial charge in [0, 0.05) is 30.4 Å². The lowest BCUT2D eigenvalue weighted by molar-refractivity contribution is -0.384. The second kappa shape index (κ2) is 6.81. The molecule has 7 nitrogen and oxygen atoms in total. The number of carbonyl (C=O) groups is 1. The summed E-state index contributed by atoms with van der Waals surface area (Å²) in [6, 6.07) is 5.25. The third kappa shape index (κ3) is 5.02. The van der Waals surface area contributed by atoms with Crippen LogP contribution in [0.25, 0.3) is 0 Å². The standard InChI is InChI=1S/C12H18N4O3/c1-8(13)7-14-9(2)12(17)15-10-3-5-11(6-4-10)16(18)19/h3-6,8-9,14H,7,13H2,1-2H3,(H,15,17)/t8-,9-/m0/s1. The maximum atomic E-state index is 11.8. The van der Waals surface area contributed by atoms with Crippen molar-refractivity contribution in [2.45, 2.75) is 25.9 Å². The van der Waals surface area contributed by atoms with Crippen molar-refractivity contribution < 1.29 is 9.72 Å². The summed E-state index contributed by atoms with van der Waals surface area (Å²) >= 11 is 0. The van der Waals surface area contributed by atoms with Gasteiger partial charge in [-0.05, 0) is 26.0 Å². The monoisotopic (exact) mass is 266 g/mol. The Hall–Kier alpha value is -1.99. The maximum Gasteiger partial charge on any atom is 0.269 e. The Kier molecular flexibility index (Phi) is 5.40. The van der Waals surface area contributed by atoms with Crippen molar-refractivity contribution in [1.29, 1.82) is 0 Å². The molecule has 0 aromatic heterocycles. The number of benzene rings is 1. The zero-order valence-electron chi connectivity index (χ0n) is 10.9. The first-order valence-corrected chi connectivity index (χ1v) is 5.94. The molecule has 0 bridgehead atoms. The van der Waals surface area contributed by atoms with E-state index in [0.717, 1.165) is 0 Å². The molecule has 0 spiro atoms. The highest BCUT2D eigenvalue weighted by atomic mass is 16.6. The molecule has 1 aromatic carbocycles. The molecule has 1 aromatic rings. The zero-order valence-corrected chi connectivity index (χ0v) is 10.9. The fourth-order valence-electron chi connectivity index (χ4n) is 1.37. The smallest absolute Gasteiger partial charge is 0.269 e. The number of hydrogen-bond acceptors (Lipinski definition) is 5. The SMILES string of the molecule is C[C@H](N)CN[C@@H](C)C(=O)Nc1ccc([N+](=O)[O-])cc1. The van der Waals surface area contributed by atoms with Crippen LogP contribution in [0.4, 0.5) is 11.4 Å². The van der Waals surface area contributed by atoms with Gasteiger partial charge in [-0.1, -0.05) is 0 Å². The van der Waals surface area contributed by atoms with Crippen LogP contribution < -0.4 is 16.4 Å². The number of amides is 1. The number of carbonyl (C=O) groups excluding carboxylic acids is 1. The first-order chi connectivity index (χ1) is 8.90. The van der Waals surface area contributed by atoms with Gasteiger partial charge in [0.1, 0.15) is 0 Å². The molecule has 104 valence electrons. The summed E-state index contributed by atoms with van der Waals surface area (Å²) in [5.41, 5.74) is 6.09. The van der Waals surface area contributed by atoms with E-state index in [1.54, 1.807) is 6.92 Å². The Morgan fingerprint density at radius 1 is 1.37 bits per heavy atom. The number of rotatable bonds is 6. The Labute approximate surface area is 111 Å². The molecular formula is C12H18N4O3.